The molecule has 0 aliphatic carbocycles. The minimum Gasteiger partial charge on any atom is -0.381 e. The van der Waals surface area contributed by atoms with Crippen LogP contribution in [0.1, 0.15) is 33.3 Å². The van der Waals surface area contributed by atoms with E-state index in [-0.39, 0.29) is 11.4 Å². The Morgan fingerprint density at radius 1 is 1.32 bits per heavy atom. The average Bonchev–Trinajstić information content (AvgIpc) is 2.25. The predicted octanol–water partition coefficient (Wildman–Crippen LogP) is 3.59. The van der Waals surface area contributed by atoms with Crippen LogP contribution < -0.4 is 0 Å². The lowest BCUT2D eigenvalue weighted by Gasteiger charge is -2.37. The average molecular weight is 293 g/mol. The smallest absolute Gasteiger partial charge is 0.132 e. The second-order valence-corrected chi connectivity index (χ2v) is 5.82. The van der Waals surface area contributed by atoms with Gasteiger partial charge in [-0.2, -0.15) is 0 Å². The molecule has 0 aliphatic rings. The van der Waals surface area contributed by atoms with Crippen LogP contribution in [0.25, 0.3) is 0 Å². The normalized spacial score (nSPS) is 17.1. The first-order chi connectivity index (χ1) is 8.60. The molecule has 0 radical (unpaired) electrons. The Labute approximate surface area is 117 Å². The molecule has 19 heavy (non-hydrogen) atoms. The van der Waals surface area contributed by atoms with Gasteiger partial charge < -0.3 is 9.84 Å². The molecular weight excluding hydrogens is 274 g/mol. The minimum atomic E-state index is -1.72. The van der Waals surface area contributed by atoms with E-state index in [0.29, 0.717) is 0 Å². The van der Waals surface area contributed by atoms with Crippen LogP contribution in [0.5, 0.6) is 0 Å². The highest BCUT2D eigenvalue weighted by atomic mass is 35.5. The lowest BCUT2D eigenvalue weighted by molar-refractivity contribution is -0.147. The molecule has 108 valence electrons. The van der Waals surface area contributed by atoms with E-state index in [1.54, 1.807) is 6.92 Å². The third-order valence-corrected chi connectivity index (χ3v) is 3.21. The molecular formula is C14H19ClF2O2. The van der Waals surface area contributed by atoms with Crippen LogP contribution in [0.15, 0.2) is 18.2 Å². The molecule has 0 amide bonds. The van der Waals surface area contributed by atoms with Crippen molar-refractivity contribution in [1.29, 1.82) is 0 Å². The van der Waals surface area contributed by atoms with E-state index < -0.39 is 28.9 Å². The fourth-order valence-corrected chi connectivity index (χ4v) is 2.23. The fourth-order valence-electron chi connectivity index (χ4n) is 1.87. The summed E-state index contributed by atoms with van der Waals surface area (Å²) in [5, 5.41) is 10.6. The molecule has 0 saturated heterocycles. The van der Waals surface area contributed by atoms with Gasteiger partial charge in [0.1, 0.15) is 17.2 Å². The largest absolute Gasteiger partial charge is 0.381 e. The van der Waals surface area contributed by atoms with Crippen molar-refractivity contribution >= 4 is 11.6 Å². The second kappa shape index (κ2) is 5.73. The monoisotopic (exact) mass is 292 g/mol. The molecule has 1 N–H and O–H groups in total. The molecule has 0 heterocycles. The summed E-state index contributed by atoms with van der Waals surface area (Å²) in [7, 11) is 0. The Morgan fingerprint density at radius 2 is 1.89 bits per heavy atom. The van der Waals surface area contributed by atoms with Crippen LogP contribution in [0.3, 0.4) is 0 Å². The maximum Gasteiger partial charge on any atom is 0.132 e. The summed E-state index contributed by atoms with van der Waals surface area (Å²) >= 11 is 5.79. The lowest BCUT2D eigenvalue weighted by atomic mass is 9.89. The van der Waals surface area contributed by atoms with Gasteiger partial charge in [-0.3, -0.25) is 0 Å². The molecule has 1 rings (SSSR count). The van der Waals surface area contributed by atoms with Gasteiger partial charge in [-0.25, -0.2) is 8.78 Å². The highest BCUT2D eigenvalue weighted by Gasteiger charge is 2.40. The SMILES string of the molecule is CC(OC(C)(C)C)C(O)(CCl)c1ccc(F)cc1F. The summed E-state index contributed by atoms with van der Waals surface area (Å²) in [4.78, 5) is 0. The summed E-state index contributed by atoms with van der Waals surface area (Å²) < 4.78 is 32.4. The zero-order valence-electron chi connectivity index (χ0n) is 11.5. The Kier molecular flexibility index (Phi) is 4.93. The Bertz CT molecular complexity index is 446. The van der Waals surface area contributed by atoms with E-state index in [1.165, 1.54) is 6.07 Å². The third kappa shape index (κ3) is 3.88. The quantitative estimate of drug-likeness (QED) is 0.859. The van der Waals surface area contributed by atoms with Crippen molar-refractivity contribution in [3.05, 3.63) is 35.4 Å². The maximum absolute atomic E-state index is 13.8. The van der Waals surface area contributed by atoms with Crippen LogP contribution in [0.4, 0.5) is 8.78 Å². The standard InChI is InChI=1S/C14H19ClF2O2/c1-9(19-13(2,3)4)14(18,8-15)11-6-5-10(16)7-12(11)17/h5-7,9,18H,8H2,1-4H3. The molecule has 2 unspecified atom stereocenters. The summed E-state index contributed by atoms with van der Waals surface area (Å²) in [6.45, 7) is 7.06. The van der Waals surface area contributed by atoms with E-state index >= 15 is 0 Å². The Morgan fingerprint density at radius 3 is 2.32 bits per heavy atom. The summed E-state index contributed by atoms with van der Waals surface area (Å²) in [5.74, 6) is -1.80. The molecule has 0 bridgehead atoms. The number of hydrogen-bond acceptors (Lipinski definition) is 2. The highest BCUT2D eigenvalue weighted by molar-refractivity contribution is 6.18. The van der Waals surface area contributed by atoms with Gasteiger partial charge in [0.2, 0.25) is 0 Å². The van der Waals surface area contributed by atoms with Crippen molar-refractivity contribution in [2.75, 3.05) is 5.88 Å². The van der Waals surface area contributed by atoms with Gasteiger partial charge in [0.25, 0.3) is 0 Å². The summed E-state index contributed by atoms with van der Waals surface area (Å²) in [6.07, 6.45) is -0.745. The summed E-state index contributed by atoms with van der Waals surface area (Å²) in [5.41, 5.74) is -2.30. The fraction of sp³-hybridized carbons (Fsp3) is 0.571. The van der Waals surface area contributed by atoms with Gasteiger partial charge >= 0.3 is 0 Å². The third-order valence-electron chi connectivity index (χ3n) is 2.80. The van der Waals surface area contributed by atoms with Gasteiger partial charge in [-0.15, -0.1) is 11.6 Å². The Hall–Kier alpha value is -0.710. The number of benzene rings is 1. The second-order valence-electron chi connectivity index (χ2n) is 5.55. The number of ether oxygens (including phenoxy) is 1. The predicted molar refractivity (Wildman–Crippen MR) is 71.3 cm³/mol. The molecule has 0 spiro atoms. The van der Waals surface area contributed by atoms with Crippen molar-refractivity contribution in [3.63, 3.8) is 0 Å². The maximum atomic E-state index is 13.8. The molecule has 1 aromatic rings. The van der Waals surface area contributed by atoms with E-state index in [9.17, 15) is 13.9 Å². The topological polar surface area (TPSA) is 29.5 Å². The lowest BCUT2D eigenvalue weighted by Crippen LogP contribution is -2.45. The van der Waals surface area contributed by atoms with Gasteiger partial charge in [0.05, 0.1) is 17.6 Å². The molecule has 0 fully saturated rings. The Balaban J connectivity index is 3.15. The first kappa shape index (κ1) is 16.3. The molecule has 2 nitrogen and oxygen atoms in total. The number of rotatable bonds is 4. The number of halogens is 3. The number of aliphatic hydroxyl groups is 1. The van der Waals surface area contributed by atoms with Crippen LogP contribution >= 0.6 is 11.6 Å². The zero-order chi connectivity index (χ0) is 14.8. The first-order valence-electron chi connectivity index (χ1n) is 6.02. The van der Waals surface area contributed by atoms with Crippen LogP contribution in [-0.2, 0) is 10.3 Å². The van der Waals surface area contributed by atoms with Crippen LogP contribution in [0, 0.1) is 11.6 Å². The molecule has 1 aromatic carbocycles. The zero-order valence-corrected chi connectivity index (χ0v) is 12.3. The molecule has 0 saturated carbocycles. The van der Waals surface area contributed by atoms with E-state index in [2.05, 4.69) is 0 Å². The van der Waals surface area contributed by atoms with Crippen molar-refractivity contribution in [2.24, 2.45) is 0 Å². The molecule has 0 aromatic heterocycles. The number of hydrogen-bond donors (Lipinski definition) is 1. The molecule has 5 heteroatoms. The molecule has 0 aliphatic heterocycles. The minimum absolute atomic E-state index is 0.0688. The van der Waals surface area contributed by atoms with Gasteiger partial charge in [-0.05, 0) is 33.8 Å². The van der Waals surface area contributed by atoms with Gasteiger partial charge in [0.15, 0.2) is 0 Å². The van der Waals surface area contributed by atoms with Gasteiger partial charge in [-0.1, -0.05) is 6.07 Å². The van der Waals surface area contributed by atoms with Crippen molar-refractivity contribution < 1.29 is 18.6 Å². The molecule has 2 atom stereocenters. The van der Waals surface area contributed by atoms with Gasteiger partial charge in [0, 0.05) is 11.6 Å². The van der Waals surface area contributed by atoms with Crippen molar-refractivity contribution in [2.45, 2.75) is 45.0 Å². The van der Waals surface area contributed by atoms with Crippen LogP contribution in [0.2, 0.25) is 0 Å². The van der Waals surface area contributed by atoms with Crippen molar-refractivity contribution in [1.82, 2.24) is 0 Å². The van der Waals surface area contributed by atoms with E-state index in [4.69, 9.17) is 16.3 Å². The summed E-state index contributed by atoms with van der Waals surface area (Å²) in [6, 6.07) is 2.99. The van der Waals surface area contributed by atoms with Crippen molar-refractivity contribution in [3.8, 4) is 0 Å². The van der Waals surface area contributed by atoms with E-state index in [1.807, 2.05) is 20.8 Å². The van der Waals surface area contributed by atoms with E-state index in [0.717, 1.165) is 12.1 Å². The first-order valence-corrected chi connectivity index (χ1v) is 6.55. The number of alkyl halides is 1. The van der Waals surface area contributed by atoms with Crippen LogP contribution in [-0.4, -0.2) is 22.7 Å². The highest BCUT2D eigenvalue weighted by Crippen LogP contribution is 2.33.